The Morgan fingerprint density at radius 3 is 2.31 bits per heavy atom. The monoisotopic (exact) mass is 179 g/mol. The van der Waals surface area contributed by atoms with Crippen molar-refractivity contribution in [1.82, 2.24) is 0 Å². The van der Waals surface area contributed by atoms with Crippen LogP contribution in [0.15, 0.2) is 0 Å². The van der Waals surface area contributed by atoms with Gasteiger partial charge in [0, 0.05) is 0 Å². The maximum Gasteiger partial charge on any atom is 0.0930 e. The summed E-state index contributed by atoms with van der Waals surface area (Å²) in [6, 6.07) is 0. The Morgan fingerprint density at radius 2 is 1.77 bits per heavy atom. The van der Waals surface area contributed by atoms with E-state index in [1.54, 1.807) is 0 Å². The van der Waals surface area contributed by atoms with Gasteiger partial charge in [-0.15, -0.1) is 0 Å². The zero-order valence-corrected chi connectivity index (χ0v) is 7.91. The summed E-state index contributed by atoms with van der Waals surface area (Å²) >= 11 is 0. The highest BCUT2D eigenvalue weighted by atomic mass is 16.6. The van der Waals surface area contributed by atoms with Crippen LogP contribution in [0.1, 0.15) is 32.1 Å². The molecule has 5 rings (SSSR count). The molecule has 0 aromatic heterocycles. The van der Waals surface area contributed by atoms with E-state index in [0.29, 0.717) is 0 Å². The number of hydrogen-bond acceptors (Lipinski definition) is 2. The van der Waals surface area contributed by atoms with Crippen molar-refractivity contribution in [2.24, 2.45) is 35.5 Å². The SMILES string of the molecule is NOC12CC3CC4CC(C1)C3C2C4. The lowest BCUT2D eigenvalue weighted by Gasteiger charge is -2.44. The maximum atomic E-state index is 5.54. The molecule has 0 spiro atoms. The van der Waals surface area contributed by atoms with Gasteiger partial charge in [0.25, 0.3) is 0 Å². The second-order valence-electron chi connectivity index (χ2n) is 5.87. The van der Waals surface area contributed by atoms with Crippen molar-refractivity contribution in [3.8, 4) is 0 Å². The molecule has 6 bridgehead atoms. The van der Waals surface area contributed by atoms with E-state index in [-0.39, 0.29) is 5.60 Å². The standard InChI is InChI=1S/C11H17NO/c12-13-11-4-7-1-6-2-8(5-11)10(7)9(11)3-6/h6-10H,1-5,12H2. The first-order chi connectivity index (χ1) is 6.32. The highest BCUT2D eigenvalue weighted by molar-refractivity contribution is 5.17. The van der Waals surface area contributed by atoms with Gasteiger partial charge in [-0.25, -0.2) is 5.90 Å². The molecule has 0 radical (unpaired) electrons. The summed E-state index contributed by atoms with van der Waals surface area (Å²) in [4.78, 5) is 5.40. The molecular weight excluding hydrogens is 162 g/mol. The second kappa shape index (κ2) is 1.96. The lowest BCUT2D eigenvalue weighted by Crippen LogP contribution is -2.36. The molecule has 0 amide bonds. The van der Waals surface area contributed by atoms with Gasteiger partial charge in [-0.05, 0) is 61.7 Å². The summed E-state index contributed by atoms with van der Waals surface area (Å²) in [5.41, 5.74) is 0.144. The van der Waals surface area contributed by atoms with Gasteiger partial charge in [-0.3, -0.25) is 4.84 Å². The molecule has 0 aromatic rings. The third-order valence-corrected chi connectivity index (χ3v) is 5.54. The number of nitrogens with two attached hydrogens (primary N) is 1. The maximum absolute atomic E-state index is 5.54. The fraction of sp³-hybridized carbons (Fsp3) is 1.00. The van der Waals surface area contributed by atoms with Crippen molar-refractivity contribution in [3.63, 3.8) is 0 Å². The van der Waals surface area contributed by atoms with Crippen molar-refractivity contribution in [2.75, 3.05) is 0 Å². The van der Waals surface area contributed by atoms with Gasteiger partial charge in [0.05, 0.1) is 5.60 Å². The summed E-state index contributed by atoms with van der Waals surface area (Å²) < 4.78 is 0. The van der Waals surface area contributed by atoms with Crippen LogP contribution < -0.4 is 5.90 Å². The van der Waals surface area contributed by atoms with E-state index < -0.39 is 0 Å². The Hall–Kier alpha value is -0.0800. The molecule has 0 saturated heterocycles. The van der Waals surface area contributed by atoms with Gasteiger partial charge in [-0.1, -0.05) is 0 Å². The van der Waals surface area contributed by atoms with E-state index in [1.165, 1.54) is 32.1 Å². The lowest BCUT2D eigenvalue weighted by molar-refractivity contribution is -0.0697. The molecule has 13 heavy (non-hydrogen) atoms. The van der Waals surface area contributed by atoms with E-state index in [2.05, 4.69) is 0 Å². The van der Waals surface area contributed by atoms with E-state index in [0.717, 1.165) is 29.6 Å². The predicted molar refractivity (Wildman–Crippen MR) is 48.5 cm³/mol. The van der Waals surface area contributed by atoms with Crippen molar-refractivity contribution in [2.45, 2.75) is 37.7 Å². The summed E-state index contributed by atoms with van der Waals surface area (Å²) in [7, 11) is 0. The zero-order chi connectivity index (χ0) is 8.63. The average molecular weight is 179 g/mol. The highest BCUT2D eigenvalue weighted by Crippen LogP contribution is 2.70. The minimum absolute atomic E-state index is 0.144. The van der Waals surface area contributed by atoms with Gasteiger partial charge in [0.2, 0.25) is 0 Å². The van der Waals surface area contributed by atoms with Crippen LogP contribution in [0.5, 0.6) is 0 Å². The van der Waals surface area contributed by atoms with Crippen LogP contribution >= 0.6 is 0 Å². The van der Waals surface area contributed by atoms with Crippen LogP contribution in [-0.4, -0.2) is 5.60 Å². The Labute approximate surface area is 78.8 Å². The van der Waals surface area contributed by atoms with Crippen molar-refractivity contribution in [3.05, 3.63) is 0 Å². The molecule has 3 atom stereocenters. The first kappa shape index (κ1) is 7.24. The largest absolute Gasteiger partial charge is 0.298 e. The molecular formula is C11H17NO. The Bertz CT molecular complexity index is 249. The van der Waals surface area contributed by atoms with Crippen LogP contribution in [-0.2, 0) is 4.84 Å². The normalized spacial score (nSPS) is 66.7. The highest BCUT2D eigenvalue weighted by Gasteiger charge is 2.68. The van der Waals surface area contributed by atoms with E-state index in [1.807, 2.05) is 0 Å². The van der Waals surface area contributed by atoms with Crippen LogP contribution in [0.4, 0.5) is 0 Å². The third-order valence-electron chi connectivity index (χ3n) is 5.54. The topological polar surface area (TPSA) is 35.2 Å². The van der Waals surface area contributed by atoms with Gasteiger partial charge in [0.1, 0.15) is 0 Å². The average Bonchev–Trinajstić information content (AvgIpc) is 2.49. The fourth-order valence-corrected chi connectivity index (χ4v) is 5.48. The molecule has 72 valence electrons. The van der Waals surface area contributed by atoms with E-state index in [9.17, 15) is 0 Å². The minimum atomic E-state index is 0.144. The molecule has 0 aromatic carbocycles. The van der Waals surface area contributed by atoms with Crippen molar-refractivity contribution >= 4 is 0 Å². The summed E-state index contributed by atoms with van der Waals surface area (Å²) in [5.74, 6) is 10.4. The molecule has 2 nitrogen and oxygen atoms in total. The van der Waals surface area contributed by atoms with E-state index in [4.69, 9.17) is 10.7 Å². The smallest absolute Gasteiger partial charge is 0.0930 e. The van der Waals surface area contributed by atoms with Crippen LogP contribution in [0.2, 0.25) is 0 Å². The molecule has 2 N–H and O–H groups in total. The first-order valence-electron chi connectivity index (χ1n) is 5.70. The number of rotatable bonds is 1. The molecule has 5 aliphatic carbocycles. The van der Waals surface area contributed by atoms with Crippen molar-refractivity contribution in [1.29, 1.82) is 0 Å². The minimum Gasteiger partial charge on any atom is -0.298 e. The summed E-state index contributed by atoms with van der Waals surface area (Å²) in [6.07, 6.45) is 6.97. The Kier molecular flexibility index (Phi) is 1.09. The quantitative estimate of drug-likeness (QED) is 0.622. The first-order valence-corrected chi connectivity index (χ1v) is 5.70. The fourth-order valence-electron chi connectivity index (χ4n) is 5.48. The zero-order valence-electron chi connectivity index (χ0n) is 7.91. The van der Waals surface area contributed by atoms with Crippen LogP contribution in [0, 0.1) is 29.6 Å². The predicted octanol–water partition coefficient (Wildman–Crippen LogP) is 1.70. The van der Waals surface area contributed by atoms with Crippen molar-refractivity contribution < 1.29 is 4.84 Å². The molecule has 0 aliphatic heterocycles. The van der Waals surface area contributed by atoms with E-state index >= 15 is 0 Å². The van der Waals surface area contributed by atoms with Crippen LogP contribution in [0.3, 0.4) is 0 Å². The molecule has 5 aliphatic rings. The third kappa shape index (κ3) is 0.637. The Balaban J connectivity index is 1.86. The summed E-state index contributed by atoms with van der Waals surface area (Å²) in [6.45, 7) is 0. The molecule has 5 fully saturated rings. The molecule has 5 saturated carbocycles. The molecule has 2 heteroatoms. The van der Waals surface area contributed by atoms with Gasteiger partial charge in [0.15, 0.2) is 0 Å². The second-order valence-corrected chi connectivity index (χ2v) is 5.87. The van der Waals surface area contributed by atoms with Gasteiger partial charge >= 0.3 is 0 Å². The van der Waals surface area contributed by atoms with Gasteiger partial charge < -0.3 is 0 Å². The molecule has 0 heterocycles. The van der Waals surface area contributed by atoms with Crippen LogP contribution in [0.25, 0.3) is 0 Å². The molecule has 3 unspecified atom stereocenters. The Morgan fingerprint density at radius 1 is 1.08 bits per heavy atom. The number of hydrogen-bond donors (Lipinski definition) is 1. The van der Waals surface area contributed by atoms with Gasteiger partial charge in [-0.2, -0.15) is 0 Å². The lowest BCUT2D eigenvalue weighted by atomic mass is 9.61. The summed E-state index contributed by atoms with van der Waals surface area (Å²) in [5, 5.41) is 0.